The van der Waals surface area contributed by atoms with Crippen LogP contribution in [0, 0.1) is 17.5 Å². The van der Waals surface area contributed by atoms with Crippen LogP contribution in [0.1, 0.15) is 19.3 Å². The van der Waals surface area contributed by atoms with E-state index in [1.807, 2.05) is 4.72 Å². The summed E-state index contributed by atoms with van der Waals surface area (Å²) in [4.78, 5) is 0. The molecule has 1 atom stereocenters. The number of halogens is 3. The third-order valence-corrected chi connectivity index (χ3v) is 4.94. The van der Waals surface area contributed by atoms with Gasteiger partial charge in [-0.1, -0.05) is 6.42 Å². The predicted molar refractivity (Wildman–Crippen MR) is 70.3 cm³/mol. The molecule has 1 aliphatic rings. The number of nitrogens with one attached hydrogen (secondary N) is 1. The SMILES string of the molecule is O=S(=O)(Nc1ccc(F)c(F)c1F)N1CCCCC1CO. The first-order valence-electron chi connectivity index (χ1n) is 6.40. The Hall–Kier alpha value is -1.32. The highest BCUT2D eigenvalue weighted by molar-refractivity contribution is 7.90. The average Bonchev–Trinajstić information content (AvgIpc) is 2.48. The van der Waals surface area contributed by atoms with Gasteiger partial charge in [0.2, 0.25) is 0 Å². The van der Waals surface area contributed by atoms with Crippen molar-refractivity contribution in [3.8, 4) is 0 Å². The largest absolute Gasteiger partial charge is 0.395 e. The molecule has 0 radical (unpaired) electrons. The molecule has 1 aromatic carbocycles. The first-order chi connectivity index (χ1) is 9.86. The molecule has 0 aliphatic carbocycles. The fourth-order valence-corrected chi connectivity index (χ4v) is 3.76. The summed E-state index contributed by atoms with van der Waals surface area (Å²) < 4.78 is 66.8. The average molecular weight is 324 g/mol. The van der Waals surface area contributed by atoms with E-state index in [0.717, 1.165) is 16.8 Å². The first-order valence-corrected chi connectivity index (χ1v) is 7.84. The molecule has 0 saturated carbocycles. The van der Waals surface area contributed by atoms with Crippen molar-refractivity contribution in [1.82, 2.24) is 4.31 Å². The van der Waals surface area contributed by atoms with E-state index in [2.05, 4.69) is 0 Å². The van der Waals surface area contributed by atoms with Gasteiger partial charge in [0.25, 0.3) is 0 Å². The van der Waals surface area contributed by atoms with Gasteiger partial charge in [-0.15, -0.1) is 0 Å². The lowest BCUT2D eigenvalue weighted by Crippen LogP contribution is -2.48. The van der Waals surface area contributed by atoms with Gasteiger partial charge in [0.1, 0.15) is 0 Å². The zero-order chi connectivity index (χ0) is 15.6. The van der Waals surface area contributed by atoms with Crippen LogP contribution in [0.3, 0.4) is 0 Å². The molecular formula is C12H15F3N2O3S. The number of nitrogens with zero attached hydrogens (tertiary/aromatic N) is 1. The van der Waals surface area contributed by atoms with Crippen molar-refractivity contribution in [3.05, 3.63) is 29.6 Å². The second-order valence-electron chi connectivity index (χ2n) is 4.77. The molecule has 0 bridgehead atoms. The zero-order valence-electron chi connectivity index (χ0n) is 11.0. The highest BCUT2D eigenvalue weighted by Gasteiger charge is 2.32. The Morgan fingerprint density at radius 2 is 1.95 bits per heavy atom. The fourth-order valence-electron chi connectivity index (χ4n) is 2.28. The van der Waals surface area contributed by atoms with Gasteiger partial charge >= 0.3 is 10.2 Å². The molecule has 0 aromatic heterocycles. The molecule has 1 aromatic rings. The molecule has 2 N–H and O–H groups in total. The van der Waals surface area contributed by atoms with Gasteiger partial charge in [-0.05, 0) is 25.0 Å². The van der Waals surface area contributed by atoms with Gasteiger partial charge in [0, 0.05) is 12.6 Å². The summed E-state index contributed by atoms with van der Waals surface area (Å²) in [6.45, 7) is -0.187. The van der Waals surface area contributed by atoms with E-state index >= 15 is 0 Å². The van der Waals surface area contributed by atoms with E-state index in [0.29, 0.717) is 18.9 Å². The molecule has 2 rings (SSSR count). The Morgan fingerprint density at radius 1 is 1.24 bits per heavy atom. The van der Waals surface area contributed by atoms with Crippen molar-refractivity contribution in [2.45, 2.75) is 25.3 Å². The molecule has 0 amide bonds. The molecule has 118 valence electrons. The van der Waals surface area contributed by atoms with E-state index < -0.39 is 39.4 Å². The lowest BCUT2D eigenvalue weighted by Gasteiger charge is -2.33. The van der Waals surface area contributed by atoms with Gasteiger partial charge in [0.15, 0.2) is 17.5 Å². The molecule has 5 nitrogen and oxygen atoms in total. The monoisotopic (exact) mass is 324 g/mol. The third kappa shape index (κ3) is 3.30. The van der Waals surface area contributed by atoms with Crippen molar-refractivity contribution in [1.29, 1.82) is 0 Å². The van der Waals surface area contributed by atoms with Crippen LogP contribution in [-0.4, -0.2) is 37.0 Å². The van der Waals surface area contributed by atoms with Crippen molar-refractivity contribution >= 4 is 15.9 Å². The van der Waals surface area contributed by atoms with Gasteiger partial charge in [-0.25, -0.2) is 13.2 Å². The molecule has 1 heterocycles. The molecule has 1 fully saturated rings. The minimum atomic E-state index is -4.16. The quantitative estimate of drug-likeness (QED) is 0.827. The van der Waals surface area contributed by atoms with E-state index in [1.54, 1.807) is 0 Å². The van der Waals surface area contributed by atoms with E-state index in [9.17, 15) is 26.7 Å². The second kappa shape index (κ2) is 6.20. The van der Waals surface area contributed by atoms with Crippen LogP contribution in [0.4, 0.5) is 18.9 Å². The Kier molecular flexibility index (Phi) is 4.74. The van der Waals surface area contributed by atoms with Crippen molar-refractivity contribution in [3.63, 3.8) is 0 Å². The topological polar surface area (TPSA) is 69.6 Å². The maximum atomic E-state index is 13.5. The molecule has 0 spiro atoms. The van der Waals surface area contributed by atoms with Gasteiger partial charge < -0.3 is 5.11 Å². The maximum absolute atomic E-state index is 13.5. The smallest absolute Gasteiger partial charge is 0.302 e. The maximum Gasteiger partial charge on any atom is 0.302 e. The van der Waals surface area contributed by atoms with Gasteiger partial charge in [-0.3, -0.25) is 4.72 Å². The molecule has 1 saturated heterocycles. The number of rotatable bonds is 4. The molecular weight excluding hydrogens is 309 g/mol. The molecule has 1 aliphatic heterocycles. The Bertz CT molecular complexity index is 624. The minimum absolute atomic E-state index is 0.172. The van der Waals surface area contributed by atoms with Crippen LogP contribution in [0.5, 0.6) is 0 Å². The summed E-state index contributed by atoms with van der Waals surface area (Å²) in [7, 11) is -4.16. The fraction of sp³-hybridized carbons (Fsp3) is 0.500. The summed E-state index contributed by atoms with van der Waals surface area (Å²) in [6, 6.07) is 0.837. The van der Waals surface area contributed by atoms with Crippen molar-refractivity contribution in [2.24, 2.45) is 0 Å². The van der Waals surface area contributed by atoms with Crippen molar-refractivity contribution in [2.75, 3.05) is 17.9 Å². The van der Waals surface area contributed by atoms with E-state index in [1.165, 1.54) is 0 Å². The summed E-state index contributed by atoms with van der Waals surface area (Å²) in [6.07, 6.45) is 1.87. The Morgan fingerprint density at radius 3 is 2.62 bits per heavy atom. The minimum Gasteiger partial charge on any atom is -0.395 e. The summed E-state index contributed by atoms with van der Waals surface area (Å²) in [5.41, 5.74) is -0.670. The van der Waals surface area contributed by atoms with Crippen LogP contribution in [0.15, 0.2) is 12.1 Å². The van der Waals surface area contributed by atoms with Gasteiger partial charge in [-0.2, -0.15) is 12.7 Å². The predicted octanol–water partition coefficient (Wildman–Crippen LogP) is 1.61. The van der Waals surface area contributed by atoms with E-state index in [4.69, 9.17) is 0 Å². The number of aliphatic hydroxyl groups is 1. The van der Waals surface area contributed by atoms with Crippen LogP contribution < -0.4 is 4.72 Å². The van der Waals surface area contributed by atoms with Crippen LogP contribution in [-0.2, 0) is 10.2 Å². The number of benzene rings is 1. The third-order valence-electron chi connectivity index (χ3n) is 3.37. The Labute approximate surface area is 120 Å². The Balaban J connectivity index is 2.27. The van der Waals surface area contributed by atoms with Crippen molar-refractivity contribution < 1.29 is 26.7 Å². The second-order valence-corrected chi connectivity index (χ2v) is 6.40. The van der Waals surface area contributed by atoms with Crippen LogP contribution in [0.25, 0.3) is 0 Å². The van der Waals surface area contributed by atoms with Gasteiger partial charge in [0.05, 0.1) is 12.3 Å². The number of anilines is 1. The van der Waals surface area contributed by atoms with Crippen LogP contribution in [0.2, 0.25) is 0 Å². The zero-order valence-corrected chi connectivity index (χ0v) is 11.8. The number of hydrogen-bond donors (Lipinski definition) is 2. The lowest BCUT2D eigenvalue weighted by molar-refractivity contribution is 0.156. The summed E-state index contributed by atoms with van der Waals surface area (Å²) in [5, 5.41) is 9.21. The highest BCUT2D eigenvalue weighted by atomic mass is 32.2. The summed E-state index contributed by atoms with van der Waals surface area (Å²) in [5.74, 6) is -4.75. The number of aliphatic hydroxyl groups excluding tert-OH is 1. The molecule has 9 heteroatoms. The normalized spacial score (nSPS) is 20.5. The first kappa shape index (κ1) is 16.1. The standard InChI is InChI=1S/C12H15F3N2O3S/c13-9-4-5-10(12(15)11(9)14)16-21(19,20)17-6-2-1-3-8(17)7-18/h4-5,8,16,18H,1-3,6-7H2. The summed E-state index contributed by atoms with van der Waals surface area (Å²) >= 11 is 0. The highest BCUT2D eigenvalue weighted by Crippen LogP contribution is 2.25. The number of piperidine rings is 1. The van der Waals surface area contributed by atoms with E-state index in [-0.39, 0.29) is 13.2 Å². The molecule has 21 heavy (non-hydrogen) atoms. The van der Waals surface area contributed by atoms with Crippen LogP contribution >= 0.6 is 0 Å². The molecule has 1 unspecified atom stereocenters. The lowest BCUT2D eigenvalue weighted by atomic mass is 10.1. The number of hydrogen-bond acceptors (Lipinski definition) is 3.